The molecule has 0 saturated carbocycles. The normalized spacial score (nSPS) is 15.3. The maximum absolute atomic E-state index is 12.6. The summed E-state index contributed by atoms with van der Waals surface area (Å²) in [5.74, 6) is 1.11. The van der Waals surface area contributed by atoms with E-state index in [0.29, 0.717) is 12.5 Å². The first-order valence-electron chi connectivity index (χ1n) is 8.91. The smallest absolute Gasteiger partial charge is 0.341 e. The van der Waals surface area contributed by atoms with Gasteiger partial charge in [-0.1, -0.05) is 5.16 Å². The summed E-state index contributed by atoms with van der Waals surface area (Å²) in [4.78, 5) is 29.9. The van der Waals surface area contributed by atoms with Crippen LogP contribution in [0.4, 0.5) is 0 Å². The van der Waals surface area contributed by atoms with Crippen molar-refractivity contribution < 1.29 is 9.32 Å². The third kappa shape index (κ3) is 3.85. The summed E-state index contributed by atoms with van der Waals surface area (Å²) in [7, 11) is 3.21. The van der Waals surface area contributed by atoms with Gasteiger partial charge in [0.25, 0.3) is 0 Å². The first kappa shape index (κ1) is 18.3. The third-order valence-electron chi connectivity index (χ3n) is 4.59. The topological polar surface area (TPSA) is 111 Å². The standard InChI is InChI=1S/C16H25N7O3/c1-4-22-13(9-11-5-7-17-8-6-11)19-23(16(22)25)10-12-18-14(26-20-12)15(24)21(2)3/h11,17H,4-10H2,1-3H3. The summed E-state index contributed by atoms with van der Waals surface area (Å²) < 4.78 is 8.01. The summed E-state index contributed by atoms with van der Waals surface area (Å²) in [6.45, 7) is 4.59. The van der Waals surface area contributed by atoms with Crippen LogP contribution in [0.5, 0.6) is 0 Å². The highest BCUT2D eigenvalue weighted by Crippen LogP contribution is 2.16. The molecule has 0 bridgehead atoms. The Balaban J connectivity index is 1.78. The van der Waals surface area contributed by atoms with Gasteiger partial charge in [-0.15, -0.1) is 0 Å². The maximum Gasteiger partial charge on any atom is 0.346 e. The van der Waals surface area contributed by atoms with E-state index in [0.717, 1.165) is 38.2 Å². The number of hydrogen-bond donors (Lipinski definition) is 1. The lowest BCUT2D eigenvalue weighted by Crippen LogP contribution is -2.30. The predicted octanol–water partition coefficient (Wildman–Crippen LogP) is -0.260. The fraction of sp³-hybridized carbons (Fsp3) is 0.688. The van der Waals surface area contributed by atoms with Gasteiger partial charge in [0.15, 0.2) is 5.82 Å². The molecular formula is C16H25N7O3. The number of piperidine rings is 1. The monoisotopic (exact) mass is 363 g/mol. The minimum absolute atomic E-state index is 0.0786. The Morgan fingerprint density at radius 1 is 1.35 bits per heavy atom. The molecule has 0 atom stereocenters. The molecule has 10 heteroatoms. The van der Waals surface area contributed by atoms with Gasteiger partial charge in [-0.3, -0.25) is 9.36 Å². The van der Waals surface area contributed by atoms with Crippen molar-refractivity contribution in [3.8, 4) is 0 Å². The van der Waals surface area contributed by atoms with Crippen LogP contribution in [0.15, 0.2) is 9.32 Å². The molecule has 1 amide bonds. The number of carbonyl (C=O) groups is 1. The van der Waals surface area contributed by atoms with Crippen molar-refractivity contribution in [3.05, 3.63) is 28.0 Å². The largest absolute Gasteiger partial charge is 0.346 e. The molecule has 2 aromatic heterocycles. The Kier molecular flexibility index (Phi) is 5.50. The lowest BCUT2D eigenvalue weighted by atomic mass is 9.94. The van der Waals surface area contributed by atoms with E-state index < -0.39 is 0 Å². The van der Waals surface area contributed by atoms with Crippen molar-refractivity contribution >= 4 is 5.91 Å². The quantitative estimate of drug-likeness (QED) is 0.752. The Morgan fingerprint density at radius 2 is 2.08 bits per heavy atom. The molecule has 0 spiro atoms. The molecule has 0 radical (unpaired) electrons. The fourth-order valence-corrected chi connectivity index (χ4v) is 3.13. The number of hydrogen-bond acceptors (Lipinski definition) is 7. The van der Waals surface area contributed by atoms with Crippen molar-refractivity contribution in [1.82, 2.24) is 34.7 Å². The second-order valence-electron chi connectivity index (χ2n) is 6.71. The van der Waals surface area contributed by atoms with Gasteiger partial charge in [-0.2, -0.15) is 10.1 Å². The van der Waals surface area contributed by atoms with Gasteiger partial charge < -0.3 is 14.7 Å². The highest BCUT2D eigenvalue weighted by atomic mass is 16.5. The lowest BCUT2D eigenvalue weighted by Gasteiger charge is -2.21. The van der Waals surface area contributed by atoms with E-state index in [1.165, 1.54) is 9.58 Å². The van der Waals surface area contributed by atoms with E-state index in [4.69, 9.17) is 4.52 Å². The van der Waals surface area contributed by atoms with Gasteiger partial charge in [0.05, 0.1) is 0 Å². The minimum atomic E-state index is -0.373. The van der Waals surface area contributed by atoms with E-state index in [2.05, 4.69) is 20.6 Å². The Bertz CT molecular complexity index is 814. The number of rotatable bonds is 6. The molecule has 3 heterocycles. The average Bonchev–Trinajstić information content (AvgIpc) is 3.20. The zero-order chi connectivity index (χ0) is 18.7. The molecule has 1 aliphatic heterocycles. The Hall–Kier alpha value is -2.49. The van der Waals surface area contributed by atoms with E-state index in [1.807, 2.05) is 6.92 Å². The first-order valence-corrected chi connectivity index (χ1v) is 8.91. The van der Waals surface area contributed by atoms with Crippen molar-refractivity contribution in [3.63, 3.8) is 0 Å². The summed E-state index contributed by atoms with van der Waals surface area (Å²) >= 11 is 0. The van der Waals surface area contributed by atoms with Gasteiger partial charge in [0, 0.05) is 27.1 Å². The molecule has 1 fully saturated rings. The van der Waals surface area contributed by atoms with Crippen molar-refractivity contribution in [2.24, 2.45) is 5.92 Å². The number of carbonyl (C=O) groups excluding carboxylic acids is 1. The predicted molar refractivity (Wildman–Crippen MR) is 92.9 cm³/mol. The molecule has 26 heavy (non-hydrogen) atoms. The molecule has 3 rings (SSSR count). The van der Waals surface area contributed by atoms with Crippen LogP contribution in [0.25, 0.3) is 0 Å². The van der Waals surface area contributed by atoms with E-state index in [-0.39, 0.29) is 29.9 Å². The molecule has 10 nitrogen and oxygen atoms in total. The summed E-state index contributed by atoms with van der Waals surface area (Å²) in [6.07, 6.45) is 2.96. The van der Waals surface area contributed by atoms with Crippen LogP contribution in [0.1, 0.15) is 42.1 Å². The van der Waals surface area contributed by atoms with Crippen LogP contribution in [-0.4, -0.2) is 62.5 Å². The first-order chi connectivity index (χ1) is 12.5. The van der Waals surface area contributed by atoms with Gasteiger partial charge in [0.1, 0.15) is 12.4 Å². The zero-order valence-corrected chi connectivity index (χ0v) is 15.4. The number of nitrogens with zero attached hydrogens (tertiary/aromatic N) is 6. The molecule has 2 aromatic rings. The van der Waals surface area contributed by atoms with Gasteiger partial charge in [-0.05, 0) is 38.8 Å². The van der Waals surface area contributed by atoms with Crippen LogP contribution >= 0.6 is 0 Å². The SMILES string of the molecule is CCn1c(CC2CCNCC2)nn(Cc2noc(C(=O)N(C)C)n2)c1=O. The van der Waals surface area contributed by atoms with Crippen LogP contribution < -0.4 is 11.0 Å². The van der Waals surface area contributed by atoms with Crippen molar-refractivity contribution in [2.75, 3.05) is 27.2 Å². The van der Waals surface area contributed by atoms with Gasteiger partial charge in [-0.25, -0.2) is 9.48 Å². The summed E-state index contributed by atoms with van der Waals surface area (Å²) in [5, 5.41) is 11.6. The third-order valence-corrected chi connectivity index (χ3v) is 4.59. The molecule has 0 unspecified atom stereocenters. The lowest BCUT2D eigenvalue weighted by molar-refractivity contribution is 0.0779. The van der Waals surface area contributed by atoms with Crippen LogP contribution in [0.3, 0.4) is 0 Å². The van der Waals surface area contributed by atoms with Gasteiger partial charge in [0.2, 0.25) is 0 Å². The van der Waals surface area contributed by atoms with Crippen LogP contribution in [-0.2, 0) is 19.5 Å². The highest BCUT2D eigenvalue weighted by Gasteiger charge is 2.21. The number of aromatic nitrogens is 5. The molecule has 0 aromatic carbocycles. The Labute approximate surface area is 151 Å². The van der Waals surface area contributed by atoms with Crippen LogP contribution in [0.2, 0.25) is 0 Å². The molecule has 0 aliphatic carbocycles. The van der Waals surface area contributed by atoms with Crippen molar-refractivity contribution in [1.29, 1.82) is 0 Å². The van der Waals surface area contributed by atoms with E-state index in [9.17, 15) is 9.59 Å². The molecule has 1 aliphatic rings. The maximum atomic E-state index is 12.6. The molecule has 142 valence electrons. The van der Waals surface area contributed by atoms with Gasteiger partial charge >= 0.3 is 17.5 Å². The number of amides is 1. The van der Waals surface area contributed by atoms with Crippen LogP contribution in [0, 0.1) is 5.92 Å². The molecule has 1 N–H and O–H groups in total. The average molecular weight is 363 g/mol. The van der Waals surface area contributed by atoms with E-state index >= 15 is 0 Å². The summed E-state index contributed by atoms with van der Waals surface area (Å²) in [6, 6.07) is 0. The number of nitrogens with one attached hydrogen (secondary N) is 1. The highest BCUT2D eigenvalue weighted by molar-refractivity contribution is 5.89. The van der Waals surface area contributed by atoms with Crippen molar-refractivity contribution in [2.45, 2.75) is 39.3 Å². The second kappa shape index (κ2) is 7.81. The molecule has 1 saturated heterocycles. The second-order valence-corrected chi connectivity index (χ2v) is 6.71. The Morgan fingerprint density at radius 3 is 2.73 bits per heavy atom. The zero-order valence-electron chi connectivity index (χ0n) is 15.4. The van der Waals surface area contributed by atoms with E-state index in [1.54, 1.807) is 18.7 Å². The summed E-state index contributed by atoms with van der Waals surface area (Å²) in [5.41, 5.74) is -0.193. The molecular weight excluding hydrogens is 338 g/mol. The fourth-order valence-electron chi connectivity index (χ4n) is 3.13. The minimum Gasteiger partial charge on any atom is -0.341 e.